The molecule has 2 heterocycles. The third-order valence-corrected chi connectivity index (χ3v) is 2.82. The van der Waals surface area contributed by atoms with Crippen LogP contribution in [0, 0.1) is 0 Å². The summed E-state index contributed by atoms with van der Waals surface area (Å²) in [7, 11) is 1.82. The summed E-state index contributed by atoms with van der Waals surface area (Å²) in [5, 5.41) is 7.34. The molecule has 0 saturated carbocycles. The minimum atomic E-state index is 0.734. The minimum Gasteiger partial charge on any atom is -0.373 e. The molecule has 2 N–H and O–H groups in total. The van der Waals surface area contributed by atoms with E-state index in [0.717, 1.165) is 28.2 Å². The van der Waals surface area contributed by atoms with Crippen molar-refractivity contribution in [2.45, 2.75) is 0 Å². The Kier molecular flexibility index (Phi) is 2.94. The van der Waals surface area contributed by atoms with Gasteiger partial charge in [0.15, 0.2) is 0 Å². The number of benzene rings is 1. The van der Waals surface area contributed by atoms with Gasteiger partial charge in [-0.3, -0.25) is 4.98 Å². The number of nitrogens with zero attached hydrogens (tertiary/aromatic N) is 3. The van der Waals surface area contributed by atoms with Gasteiger partial charge in [-0.15, -0.1) is 0 Å². The Hall–Kier alpha value is -2.69. The van der Waals surface area contributed by atoms with E-state index in [2.05, 4.69) is 25.6 Å². The number of fused-ring (bicyclic) bond motifs is 1. The monoisotopic (exact) mass is 251 g/mol. The van der Waals surface area contributed by atoms with Crippen LogP contribution < -0.4 is 10.6 Å². The molecular weight excluding hydrogens is 238 g/mol. The number of anilines is 3. The van der Waals surface area contributed by atoms with Gasteiger partial charge in [0, 0.05) is 24.7 Å². The Morgan fingerprint density at radius 2 is 1.79 bits per heavy atom. The SMILES string of the molecule is CNc1cc(Nc2cccc3cccnc23)ncn1. The van der Waals surface area contributed by atoms with Crippen molar-refractivity contribution in [2.24, 2.45) is 0 Å². The molecule has 0 amide bonds. The van der Waals surface area contributed by atoms with Crippen LogP contribution in [0.5, 0.6) is 0 Å². The van der Waals surface area contributed by atoms with Crippen LogP contribution >= 0.6 is 0 Å². The molecule has 0 aliphatic rings. The highest BCUT2D eigenvalue weighted by molar-refractivity contribution is 5.91. The second-order valence-corrected chi connectivity index (χ2v) is 4.04. The summed E-state index contributed by atoms with van der Waals surface area (Å²) < 4.78 is 0. The van der Waals surface area contributed by atoms with Gasteiger partial charge < -0.3 is 10.6 Å². The van der Waals surface area contributed by atoms with Crippen LogP contribution in [0.4, 0.5) is 17.3 Å². The fourth-order valence-electron chi connectivity index (χ4n) is 1.91. The average molecular weight is 251 g/mol. The van der Waals surface area contributed by atoms with E-state index >= 15 is 0 Å². The largest absolute Gasteiger partial charge is 0.373 e. The minimum absolute atomic E-state index is 0.734. The standard InChI is InChI=1S/C14H13N5/c1-15-12-8-13(18-9-17-12)19-11-6-2-4-10-5-3-7-16-14(10)11/h2-9H,1H3,(H2,15,17,18,19). The van der Waals surface area contributed by atoms with Crippen molar-refractivity contribution >= 4 is 28.2 Å². The number of pyridine rings is 1. The molecule has 5 heteroatoms. The molecule has 0 bridgehead atoms. The first-order chi connectivity index (χ1) is 9.36. The molecule has 0 aliphatic carbocycles. The summed E-state index contributed by atoms with van der Waals surface area (Å²) in [4.78, 5) is 12.7. The third kappa shape index (κ3) is 2.30. The molecule has 5 nitrogen and oxygen atoms in total. The number of para-hydroxylation sites is 1. The summed E-state index contributed by atoms with van der Waals surface area (Å²) in [6.45, 7) is 0. The van der Waals surface area contributed by atoms with E-state index in [-0.39, 0.29) is 0 Å². The fourth-order valence-corrected chi connectivity index (χ4v) is 1.91. The molecule has 0 aliphatic heterocycles. The molecule has 1 aromatic carbocycles. The lowest BCUT2D eigenvalue weighted by Crippen LogP contribution is -1.98. The first-order valence-electron chi connectivity index (χ1n) is 5.97. The zero-order valence-electron chi connectivity index (χ0n) is 10.5. The van der Waals surface area contributed by atoms with E-state index in [1.165, 1.54) is 6.33 Å². The molecule has 0 saturated heterocycles. The zero-order chi connectivity index (χ0) is 13.1. The van der Waals surface area contributed by atoms with Crippen molar-refractivity contribution in [1.29, 1.82) is 0 Å². The predicted molar refractivity (Wildman–Crippen MR) is 76.6 cm³/mol. The second kappa shape index (κ2) is 4.89. The smallest absolute Gasteiger partial charge is 0.135 e. The number of rotatable bonds is 3. The van der Waals surface area contributed by atoms with E-state index in [1.54, 1.807) is 6.20 Å². The number of hydrogen-bond acceptors (Lipinski definition) is 5. The molecule has 0 radical (unpaired) electrons. The molecular formula is C14H13N5. The van der Waals surface area contributed by atoms with Crippen molar-refractivity contribution in [3.63, 3.8) is 0 Å². The zero-order valence-corrected chi connectivity index (χ0v) is 10.5. The lowest BCUT2D eigenvalue weighted by molar-refractivity contribution is 1.16. The highest BCUT2D eigenvalue weighted by atomic mass is 15.1. The van der Waals surface area contributed by atoms with Gasteiger partial charge in [-0.1, -0.05) is 18.2 Å². The Balaban J connectivity index is 2.01. The van der Waals surface area contributed by atoms with Gasteiger partial charge in [-0.2, -0.15) is 0 Å². The van der Waals surface area contributed by atoms with Crippen LogP contribution in [-0.2, 0) is 0 Å². The topological polar surface area (TPSA) is 62.7 Å². The maximum Gasteiger partial charge on any atom is 0.135 e. The van der Waals surface area contributed by atoms with Crippen molar-refractivity contribution in [3.05, 3.63) is 48.9 Å². The van der Waals surface area contributed by atoms with Crippen LogP contribution in [0.25, 0.3) is 10.9 Å². The molecule has 3 aromatic rings. The van der Waals surface area contributed by atoms with Crippen molar-refractivity contribution in [1.82, 2.24) is 15.0 Å². The van der Waals surface area contributed by atoms with Gasteiger partial charge in [-0.05, 0) is 12.1 Å². The van der Waals surface area contributed by atoms with E-state index in [1.807, 2.05) is 43.4 Å². The van der Waals surface area contributed by atoms with Crippen molar-refractivity contribution in [2.75, 3.05) is 17.7 Å². The van der Waals surface area contributed by atoms with Crippen LogP contribution in [0.3, 0.4) is 0 Å². The molecule has 0 fully saturated rings. The van der Waals surface area contributed by atoms with Gasteiger partial charge in [0.25, 0.3) is 0 Å². The first-order valence-corrected chi connectivity index (χ1v) is 5.97. The van der Waals surface area contributed by atoms with Gasteiger partial charge in [-0.25, -0.2) is 9.97 Å². The third-order valence-electron chi connectivity index (χ3n) is 2.82. The molecule has 2 aromatic heterocycles. The maximum atomic E-state index is 4.40. The number of aromatic nitrogens is 3. The Bertz CT molecular complexity index is 706. The maximum absolute atomic E-state index is 4.40. The summed E-state index contributed by atoms with van der Waals surface area (Å²) in [5.41, 5.74) is 1.86. The fraction of sp³-hybridized carbons (Fsp3) is 0.0714. The van der Waals surface area contributed by atoms with Crippen LogP contribution in [-0.4, -0.2) is 22.0 Å². The molecule has 0 unspecified atom stereocenters. The predicted octanol–water partition coefficient (Wildman–Crippen LogP) is 2.81. The van der Waals surface area contributed by atoms with Gasteiger partial charge >= 0.3 is 0 Å². The Morgan fingerprint density at radius 1 is 0.947 bits per heavy atom. The van der Waals surface area contributed by atoms with E-state index in [0.29, 0.717) is 0 Å². The van der Waals surface area contributed by atoms with E-state index in [4.69, 9.17) is 0 Å². The first kappa shape index (κ1) is 11.4. The normalized spacial score (nSPS) is 10.4. The van der Waals surface area contributed by atoms with Gasteiger partial charge in [0.1, 0.15) is 18.0 Å². The lowest BCUT2D eigenvalue weighted by atomic mass is 10.2. The van der Waals surface area contributed by atoms with Gasteiger partial charge in [0.05, 0.1) is 11.2 Å². The average Bonchev–Trinajstić information content (AvgIpc) is 2.48. The lowest BCUT2D eigenvalue weighted by Gasteiger charge is -2.08. The van der Waals surface area contributed by atoms with Crippen molar-refractivity contribution in [3.8, 4) is 0 Å². The Morgan fingerprint density at radius 3 is 2.68 bits per heavy atom. The molecule has 0 atom stereocenters. The van der Waals surface area contributed by atoms with E-state index in [9.17, 15) is 0 Å². The summed E-state index contributed by atoms with van der Waals surface area (Å²) in [5.74, 6) is 1.50. The summed E-state index contributed by atoms with van der Waals surface area (Å²) in [6.07, 6.45) is 3.30. The molecule has 19 heavy (non-hydrogen) atoms. The van der Waals surface area contributed by atoms with Crippen molar-refractivity contribution < 1.29 is 0 Å². The summed E-state index contributed by atoms with van der Waals surface area (Å²) in [6, 6.07) is 11.8. The van der Waals surface area contributed by atoms with Gasteiger partial charge in [0.2, 0.25) is 0 Å². The van der Waals surface area contributed by atoms with E-state index < -0.39 is 0 Å². The quantitative estimate of drug-likeness (QED) is 0.749. The highest BCUT2D eigenvalue weighted by Crippen LogP contribution is 2.23. The molecule has 94 valence electrons. The number of hydrogen-bond donors (Lipinski definition) is 2. The Labute approximate surface area is 110 Å². The molecule has 0 spiro atoms. The number of nitrogens with one attached hydrogen (secondary N) is 2. The summed E-state index contributed by atoms with van der Waals surface area (Å²) >= 11 is 0. The van der Waals surface area contributed by atoms with Crippen LogP contribution in [0.1, 0.15) is 0 Å². The van der Waals surface area contributed by atoms with Crippen LogP contribution in [0.15, 0.2) is 48.9 Å². The van der Waals surface area contributed by atoms with Crippen LogP contribution in [0.2, 0.25) is 0 Å². The highest BCUT2D eigenvalue weighted by Gasteiger charge is 2.03. The second-order valence-electron chi connectivity index (χ2n) is 4.04. The molecule has 3 rings (SSSR count).